The van der Waals surface area contributed by atoms with E-state index in [0.717, 1.165) is 11.3 Å². The van der Waals surface area contributed by atoms with Gasteiger partial charge in [0.15, 0.2) is 11.6 Å². The summed E-state index contributed by atoms with van der Waals surface area (Å²) in [5, 5.41) is 0. The van der Waals surface area contributed by atoms with Gasteiger partial charge in [0, 0.05) is 17.2 Å². The maximum Gasteiger partial charge on any atom is 0.218 e. The fourth-order valence-electron chi connectivity index (χ4n) is 5.36. The van der Waals surface area contributed by atoms with Crippen LogP contribution < -0.4 is 4.90 Å². The lowest BCUT2D eigenvalue weighted by Crippen LogP contribution is -2.48. The highest BCUT2D eigenvalue weighted by Gasteiger charge is 2.63. The van der Waals surface area contributed by atoms with Gasteiger partial charge in [-0.1, -0.05) is 30.4 Å². The van der Waals surface area contributed by atoms with E-state index in [1.807, 2.05) is 36.4 Å². The molecule has 6 heteroatoms. The van der Waals surface area contributed by atoms with E-state index in [1.54, 1.807) is 0 Å². The first-order valence-electron chi connectivity index (χ1n) is 9.79. The second-order valence-electron chi connectivity index (χ2n) is 7.98. The third-order valence-electron chi connectivity index (χ3n) is 6.55. The summed E-state index contributed by atoms with van der Waals surface area (Å²) in [6.07, 6.45) is 2.88. The van der Waals surface area contributed by atoms with Crippen LogP contribution in [0.3, 0.4) is 0 Å². The smallest absolute Gasteiger partial charge is 0.218 e. The predicted octanol–water partition coefficient (Wildman–Crippen LogP) is 2.85. The minimum Gasteiger partial charge on any atom is -0.353 e. The molecule has 0 saturated carbocycles. The molecular formula is C23H18FNO4. The topological polar surface area (TPSA) is 55.8 Å². The van der Waals surface area contributed by atoms with Gasteiger partial charge in [-0.15, -0.1) is 0 Å². The summed E-state index contributed by atoms with van der Waals surface area (Å²) < 4.78 is 24.8. The average Bonchev–Trinajstić information content (AvgIpc) is 3.33. The van der Waals surface area contributed by atoms with Crippen LogP contribution in [0.2, 0.25) is 0 Å². The molecule has 0 radical (unpaired) electrons. The summed E-state index contributed by atoms with van der Waals surface area (Å²) in [4.78, 5) is 28.8. The zero-order chi connectivity index (χ0) is 19.7. The zero-order valence-electron chi connectivity index (χ0n) is 15.4. The minimum absolute atomic E-state index is 0.0998. The fraction of sp³-hybridized carbons (Fsp3) is 0.304. The van der Waals surface area contributed by atoms with Crippen molar-refractivity contribution in [2.45, 2.75) is 24.5 Å². The Morgan fingerprint density at radius 2 is 1.90 bits per heavy atom. The summed E-state index contributed by atoms with van der Waals surface area (Å²) >= 11 is 0. The van der Waals surface area contributed by atoms with E-state index in [9.17, 15) is 14.0 Å². The number of rotatable bonds is 2. The molecule has 4 aliphatic rings. The summed E-state index contributed by atoms with van der Waals surface area (Å²) in [6, 6.07) is 12.6. The van der Waals surface area contributed by atoms with Gasteiger partial charge in [-0.05, 0) is 35.9 Å². The molecule has 6 rings (SSSR count). The van der Waals surface area contributed by atoms with Gasteiger partial charge in [0.2, 0.25) is 6.29 Å². The number of ketones is 2. The second-order valence-corrected chi connectivity index (χ2v) is 7.98. The molecule has 6 atom stereocenters. The van der Waals surface area contributed by atoms with Gasteiger partial charge in [-0.3, -0.25) is 9.59 Å². The highest BCUT2D eigenvalue weighted by Crippen LogP contribution is 2.50. The molecule has 2 aromatic rings. The van der Waals surface area contributed by atoms with Crippen molar-refractivity contribution in [3.8, 4) is 0 Å². The highest BCUT2D eigenvalue weighted by molar-refractivity contribution is 6.05. The van der Waals surface area contributed by atoms with E-state index >= 15 is 0 Å². The number of anilines is 1. The minimum atomic E-state index is -0.839. The van der Waals surface area contributed by atoms with E-state index in [0.29, 0.717) is 12.2 Å². The summed E-state index contributed by atoms with van der Waals surface area (Å²) in [5.74, 6) is -1.32. The Hall–Kier alpha value is -2.83. The maximum atomic E-state index is 13.7. The van der Waals surface area contributed by atoms with Crippen LogP contribution in [0.15, 0.2) is 54.6 Å². The van der Waals surface area contributed by atoms with Crippen LogP contribution in [-0.2, 0) is 14.3 Å². The first-order chi connectivity index (χ1) is 14.1. The van der Waals surface area contributed by atoms with E-state index in [2.05, 4.69) is 4.90 Å². The van der Waals surface area contributed by atoms with Crippen LogP contribution in [-0.4, -0.2) is 42.7 Å². The normalized spacial score (nSPS) is 34.0. The highest BCUT2D eigenvalue weighted by atomic mass is 19.1. The van der Waals surface area contributed by atoms with Gasteiger partial charge in [-0.2, -0.15) is 0 Å². The number of fused-ring (bicyclic) bond motifs is 8. The largest absolute Gasteiger partial charge is 0.353 e. The van der Waals surface area contributed by atoms with Crippen LogP contribution in [0.5, 0.6) is 0 Å². The molecule has 0 spiro atoms. The van der Waals surface area contributed by atoms with Crippen LogP contribution in [0, 0.1) is 17.7 Å². The monoisotopic (exact) mass is 391 g/mol. The van der Waals surface area contributed by atoms with E-state index in [1.165, 1.54) is 24.3 Å². The Labute approximate surface area is 166 Å². The molecule has 146 valence electrons. The molecule has 29 heavy (non-hydrogen) atoms. The number of carbonyl (C=O) groups excluding carboxylic acids is 2. The Balaban J connectivity index is 1.52. The Morgan fingerprint density at radius 3 is 2.72 bits per heavy atom. The molecule has 2 bridgehead atoms. The van der Waals surface area contributed by atoms with Crippen molar-refractivity contribution in [3.05, 3.63) is 71.6 Å². The second kappa shape index (κ2) is 6.08. The average molecular weight is 391 g/mol. The van der Waals surface area contributed by atoms with E-state index in [4.69, 9.17) is 9.47 Å². The molecule has 3 saturated heterocycles. The zero-order valence-corrected chi connectivity index (χ0v) is 15.4. The number of ether oxygens (including phenoxy) is 2. The first kappa shape index (κ1) is 17.1. The van der Waals surface area contributed by atoms with Gasteiger partial charge in [0.25, 0.3) is 0 Å². The van der Waals surface area contributed by atoms with E-state index in [-0.39, 0.29) is 35.5 Å². The quantitative estimate of drug-likeness (QED) is 0.737. The summed E-state index contributed by atoms with van der Waals surface area (Å²) in [5.41, 5.74) is 2.37. The Morgan fingerprint density at radius 1 is 1.10 bits per heavy atom. The molecular weight excluding hydrogens is 373 g/mol. The molecule has 6 unspecified atom stereocenters. The van der Waals surface area contributed by atoms with Crippen LogP contribution in [0.25, 0.3) is 6.08 Å². The summed E-state index contributed by atoms with van der Waals surface area (Å²) in [6.45, 7) is 0.302. The van der Waals surface area contributed by atoms with Crippen molar-refractivity contribution < 1.29 is 23.5 Å². The van der Waals surface area contributed by atoms with Crippen molar-refractivity contribution in [3.63, 3.8) is 0 Å². The Kier molecular flexibility index (Phi) is 3.58. The molecule has 4 aliphatic heterocycles. The lowest BCUT2D eigenvalue weighted by molar-refractivity contribution is -0.163. The van der Waals surface area contributed by atoms with Crippen molar-refractivity contribution in [2.24, 2.45) is 11.8 Å². The number of hydrogen-bond acceptors (Lipinski definition) is 5. The molecule has 5 nitrogen and oxygen atoms in total. The number of carbonyl (C=O) groups is 2. The molecule has 0 amide bonds. The number of benzene rings is 2. The molecule has 0 aliphatic carbocycles. The van der Waals surface area contributed by atoms with Crippen molar-refractivity contribution >= 4 is 23.3 Å². The molecule has 2 aromatic carbocycles. The van der Waals surface area contributed by atoms with Gasteiger partial charge in [0.1, 0.15) is 5.82 Å². The molecule has 3 fully saturated rings. The number of nitrogens with zero attached hydrogens (tertiary/aromatic N) is 1. The lowest BCUT2D eigenvalue weighted by Gasteiger charge is -2.35. The van der Waals surface area contributed by atoms with Crippen molar-refractivity contribution in [1.82, 2.24) is 0 Å². The van der Waals surface area contributed by atoms with Crippen LogP contribution >= 0.6 is 0 Å². The summed E-state index contributed by atoms with van der Waals surface area (Å²) in [7, 11) is 0. The third-order valence-corrected chi connectivity index (χ3v) is 6.55. The van der Waals surface area contributed by atoms with Gasteiger partial charge < -0.3 is 14.4 Å². The number of Topliss-reactive ketones (excluding diaryl/α,β-unsaturated/α-hetero) is 2. The SMILES string of the molecule is O=C1C2OCC(O2)C2C1C1C=Cc3ccccc3N1C2C(=O)c1ccc(F)cc1. The van der Waals surface area contributed by atoms with Crippen molar-refractivity contribution in [1.29, 1.82) is 0 Å². The number of halogens is 1. The molecule has 4 heterocycles. The lowest BCUT2D eigenvalue weighted by atomic mass is 9.77. The van der Waals surface area contributed by atoms with Crippen LogP contribution in [0.4, 0.5) is 10.1 Å². The first-order valence-corrected chi connectivity index (χ1v) is 9.79. The van der Waals surface area contributed by atoms with Crippen molar-refractivity contribution in [2.75, 3.05) is 11.5 Å². The third kappa shape index (κ3) is 2.33. The standard InChI is InChI=1S/C23H18FNO4/c24-14-8-5-13(6-9-14)21(26)20-19-17-11-28-23(29-17)22(27)18(19)16-10-7-12-3-1-2-4-15(12)25(16)20/h1-10,16-20,23H,11H2. The van der Waals surface area contributed by atoms with E-state index < -0.39 is 18.1 Å². The number of hydrogen-bond donors (Lipinski definition) is 0. The van der Waals surface area contributed by atoms with Crippen LogP contribution in [0.1, 0.15) is 15.9 Å². The molecule has 0 aromatic heterocycles. The van der Waals surface area contributed by atoms with Gasteiger partial charge in [-0.25, -0.2) is 4.39 Å². The maximum absolute atomic E-state index is 13.7. The number of para-hydroxylation sites is 1. The fourth-order valence-corrected chi connectivity index (χ4v) is 5.36. The van der Waals surface area contributed by atoms with Gasteiger partial charge in [0.05, 0.1) is 30.7 Å². The Bertz CT molecular complexity index is 1050. The molecule has 0 N–H and O–H groups in total. The predicted molar refractivity (Wildman–Crippen MR) is 103 cm³/mol. The van der Waals surface area contributed by atoms with Gasteiger partial charge >= 0.3 is 0 Å².